The smallest absolute Gasteiger partial charge is 0.311 e. The lowest BCUT2D eigenvalue weighted by Crippen LogP contribution is -2.28. The van der Waals surface area contributed by atoms with Gasteiger partial charge in [-0.1, -0.05) is 54.9 Å². The first kappa shape index (κ1) is 31.9. The number of aromatic nitrogens is 1. The van der Waals surface area contributed by atoms with Crippen molar-refractivity contribution in [2.75, 3.05) is 14.2 Å². The van der Waals surface area contributed by atoms with Gasteiger partial charge in [0.1, 0.15) is 12.1 Å². The topological polar surface area (TPSA) is 113 Å². The van der Waals surface area contributed by atoms with Crippen LogP contribution in [0.1, 0.15) is 49.4 Å². The molecule has 1 atom stereocenters. The molecular formula is C32H33ClN2O7. The molecule has 10 heteroatoms. The van der Waals surface area contributed by atoms with Gasteiger partial charge in [0.25, 0.3) is 6.47 Å². The van der Waals surface area contributed by atoms with Gasteiger partial charge in [-0.2, -0.15) is 0 Å². The van der Waals surface area contributed by atoms with E-state index in [1.54, 1.807) is 49.7 Å². The number of ether oxygens (including phenoxy) is 4. The SMILES string of the molecule is CCCC(=O)Oc1c(C(NC(C)=O)c2ccc(OC)c(OC)c2)cc(Cl)c2cccnc12.O=COCc1ccccc1. The van der Waals surface area contributed by atoms with E-state index in [0.29, 0.717) is 58.1 Å². The molecule has 4 rings (SSSR count). The number of hydrogen-bond acceptors (Lipinski definition) is 8. The predicted molar refractivity (Wildman–Crippen MR) is 160 cm³/mol. The molecule has 1 unspecified atom stereocenters. The van der Waals surface area contributed by atoms with Gasteiger partial charge in [-0.15, -0.1) is 0 Å². The van der Waals surface area contributed by atoms with E-state index in [0.717, 1.165) is 5.56 Å². The molecule has 0 bridgehead atoms. The zero-order chi connectivity index (χ0) is 30.5. The molecule has 1 N–H and O–H groups in total. The van der Waals surface area contributed by atoms with Crippen LogP contribution >= 0.6 is 11.6 Å². The molecule has 1 heterocycles. The second kappa shape index (κ2) is 16.0. The van der Waals surface area contributed by atoms with E-state index >= 15 is 0 Å². The fourth-order valence-electron chi connectivity index (χ4n) is 4.17. The van der Waals surface area contributed by atoms with Crippen LogP contribution in [0.5, 0.6) is 17.2 Å². The molecule has 42 heavy (non-hydrogen) atoms. The van der Waals surface area contributed by atoms with Crippen LogP contribution in [0, 0.1) is 0 Å². The lowest BCUT2D eigenvalue weighted by molar-refractivity contribution is -0.134. The maximum Gasteiger partial charge on any atom is 0.311 e. The van der Waals surface area contributed by atoms with E-state index in [1.165, 1.54) is 14.0 Å². The quantitative estimate of drug-likeness (QED) is 0.124. The van der Waals surface area contributed by atoms with E-state index in [1.807, 2.05) is 37.3 Å². The highest BCUT2D eigenvalue weighted by atomic mass is 35.5. The summed E-state index contributed by atoms with van der Waals surface area (Å²) in [5.74, 6) is 0.641. The van der Waals surface area contributed by atoms with Gasteiger partial charge >= 0.3 is 5.97 Å². The average molecular weight is 593 g/mol. The molecule has 3 aromatic carbocycles. The average Bonchev–Trinajstić information content (AvgIpc) is 3.00. The van der Waals surface area contributed by atoms with Crippen molar-refractivity contribution < 1.29 is 33.3 Å². The van der Waals surface area contributed by atoms with Crippen LogP contribution in [0.15, 0.2) is 72.9 Å². The molecule has 0 aliphatic heterocycles. The Morgan fingerprint density at radius 3 is 2.38 bits per heavy atom. The standard InChI is InChI=1S/C24H25ClN2O5.C8H8O2/c1-5-7-21(29)32-24-17(13-18(25)16-8-6-11-26-23(16)24)22(27-14(2)28)15-9-10-19(30-3)20(12-15)31-4;9-7-10-6-8-4-2-1-3-5-8/h6,8-13,22H,5,7H2,1-4H3,(H,27,28);1-5,7H,6H2. The summed E-state index contributed by atoms with van der Waals surface area (Å²) < 4.78 is 21.1. The second-order valence-electron chi connectivity index (χ2n) is 9.04. The Morgan fingerprint density at radius 1 is 1.00 bits per heavy atom. The Labute approximate surface area is 249 Å². The fourth-order valence-corrected chi connectivity index (χ4v) is 4.44. The van der Waals surface area contributed by atoms with Crippen LogP contribution in [-0.4, -0.2) is 37.6 Å². The van der Waals surface area contributed by atoms with Gasteiger partial charge in [0.2, 0.25) is 5.91 Å². The van der Waals surface area contributed by atoms with Crippen molar-refractivity contribution in [2.45, 2.75) is 39.3 Å². The Morgan fingerprint density at radius 2 is 1.74 bits per heavy atom. The van der Waals surface area contributed by atoms with Crippen LogP contribution in [0.3, 0.4) is 0 Å². The summed E-state index contributed by atoms with van der Waals surface area (Å²) in [6.07, 6.45) is 2.49. The Hall–Kier alpha value is -4.63. The van der Waals surface area contributed by atoms with Crippen molar-refractivity contribution in [3.63, 3.8) is 0 Å². The molecule has 220 valence electrons. The zero-order valence-electron chi connectivity index (χ0n) is 23.9. The molecule has 0 saturated heterocycles. The number of pyridine rings is 1. The maximum atomic E-state index is 12.5. The number of hydrogen-bond donors (Lipinski definition) is 1. The highest BCUT2D eigenvalue weighted by molar-refractivity contribution is 6.35. The first-order chi connectivity index (χ1) is 20.3. The minimum atomic E-state index is -0.680. The number of carbonyl (C=O) groups excluding carboxylic acids is 3. The predicted octanol–water partition coefficient (Wildman–Crippen LogP) is 6.20. The normalized spacial score (nSPS) is 11.0. The highest BCUT2D eigenvalue weighted by Gasteiger charge is 2.26. The third-order valence-electron chi connectivity index (χ3n) is 6.05. The van der Waals surface area contributed by atoms with Gasteiger partial charge in [0.05, 0.1) is 25.3 Å². The summed E-state index contributed by atoms with van der Waals surface area (Å²) in [6, 6.07) is 19.4. The summed E-state index contributed by atoms with van der Waals surface area (Å²) >= 11 is 6.57. The summed E-state index contributed by atoms with van der Waals surface area (Å²) in [5, 5.41) is 4.00. The number of fused-ring (bicyclic) bond motifs is 1. The second-order valence-corrected chi connectivity index (χ2v) is 9.45. The van der Waals surface area contributed by atoms with Gasteiger partial charge in [-0.05, 0) is 47.9 Å². The number of rotatable bonds is 11. The van der Waals surface area contributed by atoms with E-state index in [-0.39, 0.29) is 18.1 Å². The first-order valence-corrected chi connectivity index (χ1v) is 13.6. The van der Waals surface area contributed by atoms with Crippen LogP contribution in [0.25, 0.3) is 10.9 Å². The first-order valence-electron chi connectivity index (χ1n) is 13.2. The number of esters is 1. The van der Waals surface area contributed by atoms with Crippen molar-refractivity contribution in [1.29, 1.82) is 0 Å². The van der Waals surface area contributed by atoms with Gasteiger partial charge in [0.15, 0.2) is 17.2 Å². The molecule has 0 spiro atoms. The van der Waals surface area contributed by atoms with Crippen molar-refractivity contribution in [2.24, 2.45) is 0 Å². The van der Waals surface area contributed by atoms with Crippen LogP contribution in [-0.2, 0) is 25.7 Å². The minimum absolute atomic E-state index is 0.248. The summed E-state index contributed by atoms with van der Waals surface area (Å²) in [6.45, 7) is 4.12. The lowest BCUT2D eigenvalue weighted by Gasteiger charge is -2.23. The third kappa shape index (κ3) is 8.44. The highest BCUT2D eigenvalue weighted by Crippen LogP contribution is 2.41. The van der Waals surface area contributed by atoms with E-state index < -0.39 is 12.0 Å². The number of carbonyl (C=O) groups is 3. The fraction of sp³-hybridized carbons (Fsp3) is 0.250. The maximum absolute atomic E-state index is 12.5. The van der Waals surface area contributed by atoms with Gasteiger partial charge in [-0.25, -0.2) is 0 Å². The Bertz CT molecular complexity index is 1510. The van der Waals surface area contributed by atoms with Crippen LogP contribution < -0.4 is 19.5 Å². The molecule has 9 nitrogen and oxygen atoms in total. The molecule has 0 aliphatic carbocycles. The van der Waals surface area contributed by atoms with Crippen molar-refractivity contribution in [3.05, 3.63) is 94.6 Å². The van der Waals surface area contributed by atoms with E-state index in [2.05, 4.69) is 15.0 Å². The molecule has 1 amide bonds. The Kier molecular flexibility index (Phi) is 12.1. The summed E-state index contributed by atoms with van der Waals surface area (Å²) in [5.41, 5.74) is 2.65. The molecule has 0 saturated carbocycles. The zero-order valence-corrected chi connectivity index (χ0v) is 24.6. The van der Waals surface area contributed by atoms with E-state index in [9.17, 15) is 14.4 Å². The molecule has 0 aliphatic rings. The number of benzene rings is 3. The summed E-state index contributed by atoms with van der Waals surface area (Å²) in [7, 11) is 3.08. The third-order valence-corrected chi connectivity index (χ3v) is 6.37. The van der Waals surface area contributed by atoms with Crippen molar-refractivity contribution in [3.8, 4) is 17.2 Å². The molecule has 0 fully saturated rings. The van der Waals surface area contributed by atoms with E-state index in [4.69, 9.17) is 25.8 Å². The Balaban J connectivity index is 0.000000408. The minimum Gasteiger partial charge on any atom is -0.493 e. The molecular weight excluding hydrogens is 560 g/mol. The van der Waals surface area contributed by atoms with Gasteiger partial charge in [0, 0.05) is 30.5 Å². The van der Waals surface area contributed by atoms with Gasteiger partial charge in [-0.3, -0.25) is 19.4 Å². The summed E-state index contributed by atoms with van der Waals surface area (Å²) in [4.78, 5) is 38.8. The molecule has 1 aromatic heterocycles. The number of nitrogens with one attached hydrogen (secondary N) is 1. The monoisotopic (exact) mass is 592 g/mol. The lowest BCUT2D eigenvalue weighted by atomic mass is 9.95. The number of nitrogens with zero attached hydrogens (tertiary/aromatic N) is 1. The van der Waals surface area contributed by atoms with Gasteiger partial charge < -0.3 is 24.3 Å². The molecule has 4 aromatic rings. The molecule has 0 radical (unpaired) electrons. The van der Waals surface area contributed by atoms with Crippen LogP contribution in [0.4, 0.5) is 0 Å². The largest absolute Gasteiger partial charge is 0.493 e. The number of methoxy groups -OCH3 is 2. The number of halogens is 1. The van der Waals surface area contributed by atoms with Crippen molar-refractivity contribution in [1.82, 2.24) is 10.3 Å². The number of amides is 1. The van der Waals surface area contributed by atoms with Crippen LogP contribution in [0.2, 0.25) is 5.02 Å². The van der Waals surface area contributed by atoms with Crippen molar-refractivity contribution >= 4 is 40.9 Å².